The van der Waals surface area contributed by atoms with Crippen molar-refractivity contribution in [1.29, 1.82) is 0 Å². The highest BCUT2D eigenvalue weighted by Gasteiger charge is 2.21. The summed E-state index contributed by atoms with van der Waals surface area (Å²) in [6.45, 7) is 2.27. The molecule has 1 aromatic rings. The number of methoxy groups -OCH3 is 1. The Bertz CT molecular complexity index is 461. The van der Waals surface area contributed by atoms with E-state index in [1.165, 1.54) is 0 Å². The Labute approximate surface area is 132 Å². The molecule has 1 amide bonds. The van der Waals surface area contributed by atoms with Gasteiger partial charge in [-0.05, 0) is 50.6 Å². The first-order valence-electron chi connectivity index (χ1n) is 7.95. The molecule has 0 saturated carbocycles. The van der Waals surface area contributed by atoms with E-state index in [-0.39, 0.29) is 5.91 Å². The standard InChI is InChI=1S/C17H26N2O3/c1-18-14-5-3-11-19(13-14)17(20)6-4-12-22-16-9-7-15(21-2)8-10-16/h7-10,14,18H,3-6,11-13H2,1-2H3. The van der Waals surface area contributed by atoms with Crippen LogP contribution < -0.4 is 14.8 Å². The molecule has 1 atom stereocenters. The number of likely N-dealkylation sites (tertiary alicyclic amines) is 1. The van der Waals surface area contributed by atoms with Crippen LogP contribution in [0.4, 0.5) is 0 Å². The van der Waals surface area contributed by atoms with Gasteiger partial charge in [-0.3, -0.25) is 4.79 Å². The van der Waals surface area contributed by atoms with Gasteiger partial charge in [0.2, 0.25) is 5.91 Å². The number of benzene rings is 1. The number of ether oxygens (including phenoxy) is 2. The van der Waals surface area contributed by atoms with E-state index in [4.69, 9.17) is 9.47 Å². The lowest BCUT2D eigenvalue weighted by Gasteiger charge is -2.32. The Hall–Kier alpha value is -1.75. The molecule has 1 fully saturated rings. The molecule has 1 heterocycles. The van der Waals surface area contributed by atoms with Gasteiger partial charge in [0.15, 0.2) is 0 Å². The van der Waals surface area contributed by atoms with Crippen molar-refractivity contribution in [2.75, 3.05) is 33.9 Å². The minimum atomic E-state index is 0.235. The minimum Gasteiger partial charge on any atom is -0.497 e. The molecule has 122 valence electrons. The highest BCUT2D eigenvalue weighted by Crippen LogP contribution is 2.17. The minimum absolute atomic E-state index is 0.235. The topological polar surface area (TPSA) is 50.8 Å². The van der Waals surface area contributed by atoms with Crippen molar-refractivity contribution in [3.8, 4) is 11.5 Å². The third-order valence-electron chi connectivity index (χ3n) is 4.05. The molecule has 1 aliphatic heterocycles. The van der Waals surface area contributed by atoms with E-state index >= 15 is 0 Å². The largest absolute Gasteiger partial charge is 0.497 e. The molecule has 1 N–H and O–H groups in total. The summed E-state index contributed by atoms with van der Waals surface area (Å²) < 4.78 is 10.7. The average molecular weight is 306 g/mol. The van der Waals surface area contributed by atoms with Gasteiger partial charge in [0, 0.05) is 25.6 Å². The molecule has 0 aliphatic carbocycles. The smallest absolute Gasteiger partial charge is 0.222 e. The maximum atomic E-state index is 12.2. The van der Waals surface area contributed by atoms with Crippen molar-refractivity contribution in [1.82, 2.24) is 10.2 Å². The first-order valence-corrected chi connectivity index (χ1v) is 7.95. The molecule has 1 unspecified atom stereocenters. The van der Waals surface area contributed by atoms with Crippen LogP contribution in [0.2, 0.25) is 0 Å². The van der Waals surface area contributed by atoms with Crippen LogP contribution in [0.3, 0.4) is 0 Å². The molecule has 1 saturated heterocycles. The summed E-state index contributed by atoms with van der Waals surface area (Å²) in [6.07, 6.45) is 3.53. The van der Waals surface area contributed by atoms with Gasteiger partial charge >= 0.3 is 0 Å². The highest BCUT2D eigenvalue weighted by atomic mass is 16.5. The zero-order valence-electron chi connectivity index (χ0n) is 13.5. The van der Waals surface area contributed by atoms with E-state index in [0.29, 0.717) is 19.1 Å². The average Bonchev–Trinajstić information content (AvgIpc) is 2.59. The normalized spacial score (nSPS) is 18.1. The van der Waals surface area contributed by atoms with Crippen LogP contribution in [-0.2, 0) is 4.79 Å². The second kappa shape index (κ2) is 8.63. The van der Waals surface area contributed by atoms with Crippen LogP contribution in [0.5, 0.6) is 11.5 Å². The molecular formula is C17H26N2O3. The summed E-state index contributed by atoms with van der Waals surface area (Å²) in [6, 6.07) is 7.93. The van der Waals surface area contributed by atoms with Crippen LogP contribution in [-0.4, -0.2) is 50.7 Å². The van der Waals surface area contributed by atoms with Crippen LogP contribution in [0.25, 0.3) is 0 Å². The van der Waals surface area contributed by atoms with Crippen LogP contribution >= 0.6 is 0 Å². The lowest BCUT2D eigenvalue weighted by atomic mass is 10.1. The number of nitrogens with one attached hydrogen (secondary N) is 1. The zero-order chi connectivity index (χ0) is 15.8. The SMILES string of the molecule is CNC1CCCN(C(=O)CCCOc2ccc(OC)cc2)C1. The zero-order valence-corrected chi connectivity index (χ0v) is 13.5. The van der Waals surface area contributed by atoms with E-state index in [0.717, 1.165) is 43.9 Å². The van der Waals surface area contributed by atoms with Gasteiger partial charge in [-0.15, -0.1) is 0 Å². The number of likely N-dealkylation sites (N-methyl/N-ethyl adjacent to an activating group) is 1. The summed E-state index contributed by atoms with van der Waals surface area (Å²) in [4.78, 5) is 14.2. The Morgan fingerprint density at radius 2 is 2.05 bits per heavy atom. The third-order valence-corrected chi connectivity index (χ3v) is 4.05. The van der Waals surface area contributed by atoms with Gasteiger partial charge in [-0.25, -0.2) is 0 Å². The van der Waals surface area contributed by atoms with E-state index in [9.17, 15) is 4.79 Å². The number of hydrogen-bond acceptors (Lipinski definition) is 4. The van der Waals surface area contributed by atoms with Crippen molar-refractivity contribution < 1.29 is 14.3 Å². The van der Waals surface area contributed by atoms with Crippen molar-refractivity contribution in [2.24, 2.45) is 0 Å². The summed E-state index contributed by atoms with van der Waals surface area (Å²) in [5.74, 6) is 1.85. The molecule has 22 heavy (non-hydrogen) atoms. The molecule has 0 spiro atoms. The number of hydrogen-bond donors (Lipinski definition) is 1. The second-order valence-corrected chi connectivity index (χ2v) is 5.60. The molecule has 0 aromatic heterocycles. The number of amides is 1. The molecule has 5 nitrogen and oxygen atoms in total. The van der Waals surface area contributed by atoms with Gasteiger partial charge in [-0.1, -0.05) is 0 Å². The van der Waals surface area contributed by atoms with Gasteiger partial charge < -0.3 is 19.7 Å². The Kier molecular flexibility index (Phi) is 6.52. The lowest BCUT2D eigenvalue weighted by molar-refractivity contribution is -0.132. The maximum Gasteiger partial charge on any atom is 0.222 e. The quantitative estimate of drug-likeness (QED) is 0.784. The fourth-order valence-corrected chi connectivity index (χ4v) is 2.68. The Morgan fingerprint density at radius 3 is 2.73 bits per heavy atom. The molecule has 5 heteroatoms. The molecule has 0 bridgehead atoms. The first kappa shape index (κ1) is 16.6. The predicted octanol–water partition coefficient (Wildman–Crippen LogP) is 2.06. The fourth-order valence-electron chi connectivity index (χ4n) is 2.68. The molecule has 2 rings (SSSR count). The summed E-state index contributed by atoms with van der Waals surface area (Å²) >= 11 is 0. The van der Waals surface area contributed by atoms with E-state index in [1.807, 2.05) is 36.2 Å². The van der Waals surface area contributed by atoms with Gasteiger partial charge in [0.05, 0.1) is 13.7 Å². The van der Waals surface area contributed by atoms with Gasteiger partial charge in [0.1, 0.15) is 11.5 Å². The summed E-state index contributed by atoms with van der Waals surface area (Å²) in [5, 5.41) is 3.26. The maximum absolute atomic E-state index is 12.2. The number of piperidine rings is 1. The second-order valence-electron chi connectivity index (χ2n) is 5.60. The molecule has 0 radical (unpaired) electrons. The fraction of sp³-hybridized carbons (Fsp3) is 0.588. The molecular weight excluding hydrogens is 280 g/mol. The van der Waals surface area contributed by atoms with Crippen LogP contribution in [0.1, 0.15) is 25.7 Å². The summed E-state index contributed by atoms with van der Waals surface area (Å²) in [5.41, 5.74) is 0. The first-order chi connectivity index (χ1) is 10.7. The van der Waals surface area contributed by atoms with E-state index in [2.05, 4.69) is 5.32 Å². The van der Waals surface area contributed by atoms with E-state index < -0.39 is 0 Å². The van der Waals surface area contributed by atoms with Crippen molar-refractivity contribution in [2.45, 2.75) is 31.7 Å². The van der Waals surface area contributed by atoms with Crippen molar-refractivity contribution in [3.05, 3.63) is 24.3 Å². The van der Waals surface area contributed by atoms with Crippen molar-refractivity contribution in [3.63, 3.8) is 0 Å². The third kappa shape index (κ3) is 4.91. The van der Waals surface area contributed by atoms with Crippen LogP contribution in [0, 0.1) is 0 Å². The number of carbonyl (C=O) groups is 1. The highest BCUT2D eigenvalue weighted by molar-refractivity contribution is 5.76. The predicted molar refractivity (Wildman–Crippen MR) is 86.4 cm³/mol. The number of nitrogens with zero attached hydrogens (tertiary/aromatic N) is 1. The monoisotopic (exact) mass is 306 g/mol. The van der Waals surface area contributed by atoms with E-state index in [1.54, 1.807) is 7.11 Å². The Morgan fingerprint density at radius 1 is 1.32 bits per heavy atom. The Balaban J connectivity index is 1.66. The number of carbonyl (C=O) groups excluding carboxylic acids is 1. The van der Waals surface area contributed by atoms with Gasteiger partial charge in [0.25, 0.3) is 0 Å². The summed E-state index contributed by atoms with van der Waals surface area (Å²) in [7, 11) is 3.60. The van der Waals surface area contributed by atoms with Gasteiger partial charge in [-0.2, -0.15) is 0 Å². The lowest BCUT2D eigenvalue weighted by Crippen LogP contribution is -2.46. The molecule has 1 aliphatic rings. The van der Waals surface area contributed by atoms with Crippen molar-refractivity contribution >= 4 is 5.91 Å². The van der Waals surface area contributed by atoms with Crippen LogP contribution in [0.15, 0.2) is 24.3 Å². The molecule has 1 aromatic carbocycles. The number of rotatable bonds is 7.